The molecule has 5 nitrogen and oxygen atoms in total. The van der Waals surface area contributed by atoms with Gasteiger partial charge in [-0.1, -0.05) is 6.92 Å². The Labute approximate surface area is 103 Å². The van der Waals surface area contributed by atoms with Crippen LogP contribution in [-0.4, -0.2) is 29.2 Å². The maximum Gasteiger partial charge on any atom is 0.226 e. The van der Waals surface area contributed by atoms with Crippen LogP contribution in [0.3, 0.4) is 0 Å². The van der Waals surface area contributed by atoms with Crippen LogP contribution < -0.4 is 15.8 Å². The Hall–Kier alpha value is -1.36. The number of nitrogens with one attached hydrogen (secondary N) is 1. The molecule has 0 bridgehead atoms. The lowest BCUT2D eigenvalue weighted by Gasteiger charge is -2.29. The molecule has 3 N–H and O–H groups in total. The van der Waals surface area contributed by atoms with E-state index in [0.29, 0.717) is 18.4 Å². The second kappa shape index (κ2) is 5.82. The number of methoxy groups -OCH3 is 1. The molecule has 1 atom stereocenters. The summed E-state index contributed by atoms with van der Waals surface area (Å²) < 4.78 is 5.13. The third-order valence-electron chi connectivity index (χ3n) is 2.93. The minimum atomic E-state index is -0.0758. The number of hydrogen-bond donors (Lipinski definition) is 2. The molecule has 96 valence electrons. The predicted molar refractivity (Wildman–Crippen MR) is 69.3 cm³/mol. The van der Waals surface area contributed by atoms with Crippen molar-refractivity contribution in [3.63, 3.8) is 0 Å². The Morgan fingerprint density at radius 3 is 2.71 bits per heavy atom. The summed E-state index contributed by atoms with van der Waals surface area (Å²) in [5.41, 5.74) is 6.43. The molecule has 0 aromatic carbocycles. The van der Waals surface area contributed by atoms with E-state index < -0.39 is 0 Å². The second-order valence-corrected chi connectivity index (χ2v) is 4.45. The monoisotopic (exact) mass is 238 g/mol. The topological polar surface area (TPSA) is 73.1 Å². The van der Waals surface area contributed by atoms with Crippen molar-refractivity contribution in [3.05, 3.63) is 11.8 Å². The molecule has 1 unspecified atom stereocenters. The zero-order valence-corrected chi connectivity index (χ0v) is 11.1. The molecule has 1 aromatic heterocycles. The lowest BCUT2D eigenvalue weighted by molar-refractivity contribution is 0.395. The molecule has 0 aliphatic carbocycles. The number of rotatable bonds is 6. The third-order valence-corrected chi connectivity index (χ3v) is 2.93. The minimum absolute atomic E-state index is 0.0758. The van der Waals surface area contributed by atoms with Crippen LogP contribution in [0.1, 0.15) is 32.4 Å². The zero-order chi connectivity index (χ0) is 12.9. The lowest BCUT2D eigenvalue weighted by atomic mass is 9.95. The number of aryl methyl sites for hydroxylation is 1. The summed E-state index contributed by atoms with van der Waals surface area (Å²) in [6.07, 6.45) is 1.84. The summed E-state index contributed by atoms with van der Waals surface area (Å²) in [5, 5.41) is 3.34. The summed E-state index contributed by atoms with van der Waals surface area (Å²) in [7, 11) is 1.60. The zero-order valence-electron chi connectivity index (χ0n) is 11.1. The highest BCUT2D eigenvalue weighted by atomic mass is 16.5. The van der Waals surface area contributed by atoms with Crippen molar-refractivity contribution in [2.24, 2.45) is 5.73 Å². The van der Waals surface area contributed by atoms with Gasteiger partial charge < -0.3 is 15.8 Å². The van der Waals surface area contributed by atoms with Crippen LogP contribution in [0.2, 0.25) is 0 Å². The van der Waals surface area contributed by atoms with Crippen LogP contribution in [0.15, 0.2) is 6.07 Å². The van der Waals surface area contributed by atoms with Gasteiger partial charge in [-0.25, -0.2) is 4.98 Å². The van der Waals surface area contributed by atoms with Crippen LogP contribution in [0.5, 0.6) is 5.88 Å². The van der Waals surface area contributed by atoms with Crippen LogP contribution in [0.4, 0.5) is 5.95 Å². The molecule has 0 fully saturated rings. The van der Waals surface area contributed by atoms with Crippen LogP contribution in [0.25, 0.3) is 0 Å². The number of anilines is 1. The quantitative estimate of drug-likeness (QED) is 0.789. The molecule has 5 heteroatoms. The van der Waals surface area contributed by atoms with Gasteiger partial charge >= 0.3 is 0 Å². The molecule has 0 amide bonds. The van der Waals surface area contributed by atoms with Gasteiger partial charge in [-0.3, -0.25) is 0 Å². The maximum absolute atomic E-state index is 5.62. The first-order chi connectivity index (χ1) is 8.03. The van der Waals surface area contributed by atoms with E-state index in [4.69, 9.17) is 10.5 Å². The molecular weight excluding hydrogens is 216 g/mol. The molecule has 0 saturated heterocycles. The molecule has 1 aromatic rings. The van der Waals surface area contributed by atoms with E-state index in [1.807, 2.05) is 6.92 Å². The molecule has 0 aliphatic rings. The third kappa shape index (κ3) is 3.85. The molecule has 1 heterocycles. The van der Waals surface area contributed by atoms with E-state index in [2.05, 4.69) is 29.1 Å². The van der Waals surface area contributed by atoms with Crippen LogP contribution in [-0.2, 0) is 0 Å². The number of nitrogens with zero attached hydrogens (tertiary/aromatic N) is 2. The Bertz CT molecular complexity index is 370. The van der Waals surface area contributed by atoms with Gasteiger partial charge in [0.15, 0.2) is 0 Å². The van der Waals surface area contributed by atoms with Crippen molar-refractivity contribution >= 4 is 5.95 Å². The molecule has 0 aliphatic heterocycles. The highest BCUT2D eigenvalue weighted by molar-refractivity contribution is 5.33. The highest BCUT2D eigenvalue weighted by Gasteiger charge is 2.22. The summed E-state index contributed by atoms with van der Waals surface area (Å²) in [5.74, 6) is 1.17. The van der Waals surface area contributed by atoms with Crippen LogP contribution in [0, 0.1) is 6.92 Å². The normalized spacial score (nSPS) is 14.2. The minimum Gasteiger partial charge on any atom is -0.481 e. The van der Waals surface area contributed by atoms with Crippen molar-refractivity contribution in [3.8, 4) is 5.88 Å². The van der Waals surface area contributed by atoms with E-state index in [1.54, 1.807) is 13.2 Å². The summed E-state index contributed by atoms with van der Waals surface area (Å²) in [6, 6.07) is 1.80. The summed E-state index contributed by atoms with van der Waals surface area (Å²) in [6.45, 7) is 6.80. The fraction of sp³-hybridized carbons (Fsp3) is 0.667. The van der Waals surface area contributed by atoms with Gasteiger partial charge in [0.25, 0.3) is 0 Å². The van der Waals surface area contributed by atoms with Gasteiger partial charge in [0, 0.05) is 17.3 Å². The Morgan fingerprint density at radius 1 is 1.47 bits per heavy atom. The fourth-order valence-electron chi connectivity index (χ4n) is 1.62. The van der Waals surface area contributed by atoms with Gasteiger partial charge in [0.2, 0.25) is 11.8 Å². The maximum atomic E-state index is 5.62. The Morgan fingerprint density at radius 2 is 2.18 bits per heavy atom. The Balaban J connectivity index is 2.89. The molecule has 0 saturated carbocycles. The smallest absolute Gasteiger partial charge is 0.226 e. The predicted octanol–water partition coefficient (Wildman–Crippen LogP) is 1.72. The van der Waals surface area contributed by atoms with Crippen molar-refractivity contribution in [1.29, 1.82) is 0 Å². The van der Waals surface area contributed by atoms with Crippen molar-refractivity contribution in [1.82, 2.24) is 9.97 Å². The molecule has 1 rings (SSSR count). The van der Waals surface area contributed by atoms with Crippen molar-refractivity contribution in [2.75, 3.05) is 19.0 Å². The largest absolute Gasteiger partial charge is 0.481 e. The van der Waals surface area contributed by atoms with E-state index in [1.165, 1.54) is 0 Å². The number of nitrogens with two attached hydrogens (primary N) is 1. The standard InChI is InChI=1S/C12H22N4O/c1-5-12(3,6-7-13)16-11-14-9(2)8-10(15-11)17-4/h8H,5-7,13H2,1-4H3,(H,14,15,16). The molecular formula is C12H22N4O. The van der Waals surface area contributed by atoms with Crippen LogP contribution >= 0.6 is 0 Å². The summed E-state index contributed by atoms with van der Waals surface area (Å²) >= 11 is 0. The SMILES string of the molecule is CCC(C)(CCN)Nc1nc(C)cc(OC)n1. The van der Waals surface area contributed by atoms with Gasteiger partial charge in [0.05, 0.1) is 7.11 Å². The Kier molecular flexibility index (Phi) is 4.69. The van der Waals surface area contributed by atoms with Gasteiger partial charge in [-0.2, -0.15) is 4.98 Å². The number of ether oxygens (including phenoxy) is 1. The van der Waals surface area contributed by atoms with E-state index in [9.17, 15) is 0 Å². The first-order valence-corrected chi connectivity index (χ1v) is 5.91. The van der Waals surface area contributed by atoms with Gasteiger partial charge in [-0.05, 0) is 33.2 Å². The van der Waals surface area contributed by atoms with Gasteiger partial charge in [0.1, 0.15) is 0 Å². The first kappa shape index (κ1) is 13.7. The van der Waals surface area contributed by atoms with E-state index >= 15 is 0 Å². The lowest BCUT2D eigenvalue weighted by Crippen LogP contribution is -2.37. The average Bonchev–Trinajstić information content (AvgIpc) is 2.28. The highest BCUT2D eigenvalue weighted by Crippen LogP contribution is 2.20. The van der Waals surface area contributed by atoms with E-state index in [0.717, 1.165) is 18.5 Å². The average molecular weight is 238 g/mol. The van der Waals surface area contributed by atoms with Gasteiger partial charge in [-0.15, -0.1) is 0 Å². The van der Waals surface area contributed by atoms with E-state index in [-0.39, 0.29) is 5.54 Å². The first-order valence-electron chi connectivity index (χ1n) is 5.91. The second-order valence-electron chi connectivity index (χ2n) is 4.45. The van der Waals surface area contributed by atoms with Crippen molar-refractivity contribution in [2.45, 2.75) is 39.2 Å². The molecule has 17 heavy (non-hydrogen) atoms. The number of hydrogen-bond acceptors (Lipinski definition) is 5. The number of aromatic nitrogens is 2. The molecule has 0 radical (unpaired) electrons. The summed E-state index contributed by atoms with van der Waals surface area (Å²) in [4.78, 5) is 8.64. The van der Waals surface area contributed by atoms with Crippen molar-refractivity contribution < 1.29 is 4.74 Å². The molecule has 0 spiro atoms. The fourth-order valence-corrected chi connectivity index (χ4v) is 1.62.